The smallest absolute Gasteiger partial charge is 0.224 e. The molecule has 1 amide bonds. The van der Waals surface area contributed by atoms with Crippen LogP contribution in [0.25, 0.3) is 0 Å². The SMILES string of the molecule is CN=C(NCCC(=O)N1CCCCC1C)NCc1ccccc1OC.I. The highest BCUT2D eigenvalue weighted by atomic mass is 127. The first-order valence-corrected chi connectivity index (χ1v) is 9.01. The van der Waals surface area contributed by atoms with Gasteiger partial charge in [0, 0.05) is 44.7 Å². The number of para-hydroxylation sites is 1. The zero-order chi connectivity index (χ0) is 18.1. The summed E-state index contributed by atoms with van der Waals surface area (Å²) < 4.78 is 5.35. The van der Waals surface area contributed by atoms with Gasteiger partial charge in [-0.2, -0.15) is 0 Å². The maximum Gasteiger partial charge on any atom is 0.224 e. The molecule has 1 aliphatic heterocycles. The van der Waals surface area contributed by atoms with Crippen LogP contribution in [0.2, 0.25) is 0 Å². The molecule has 146 valence electrons. The van der Waals surface area contributed by atoms with E-state index in [1.165, 1.54) is 6.42 Å². The molecule has 1 saturated heterocycles. The number of carbonyl (C=O) groups is 1. The molecule has 1 heterocycles. The van der Waals surface area contributed by atoms with Crippen molar-refractivity contribution in [2.45, 2.75) is 45.2 Å². The number of amides is 1. The van der Waals surface area contributed by atoms with Crippen molar-refractivity contribution in [1.82, 2.24) is 15.5 Å². The Balaban J connectivity index is 0.00000338. The fourth-order valence-corrected chi connectivity index (χ4v) is 3.15. The number of hydrogen-bond donors (Lipinski definition) is 2. The first kappa shape index (κ1) is 22.5. The number of halogens is 1. The monoisotopic (exact) mass is 474 g/mol. The van der Waals surface area contributed by atoms with E-state index in [1.807, 2.05) is 29.2 Å². The zero-order valence-corrected chi connectivity index (χ0v) is 18.3. The lowest BCUT2D eigenvalue weighted by atomic mass is 10.0. The van der Waals surface area contributed by atoms with Gasteiger partial charge in [-0.15, -0.1) is 24.0 Å². The highest BCUT2D eigenvalue weighted by Gasteiger charge is 2.22. The number of rotatable bonds is 6. The Morgan fingerprint density at radius 1 is 1.31 bits per heavy atom. The largest absolute Gasteiger partial charge is 0.496 e. The van der Waals surface area contributed by atoms with Gasteiger partial charge in [-0.25, -0.2) is 0 Å². The molecule has 2 N–H and O–H groups in total. The Hall–Kier alpha value is -1.51. The lowest BCUT2D eigenvalue weighted by molar-refractivity contribution is -0.134. The minimum Gasteiger partial charge on any atom is -0.496 e. The molecule has 1 atom stereocenters. The number of carbonyl (C=O) groups excluding carboxylic acids is 1. The van der Waals surface area contributed by atoms with Crippen LogP contribution in [0.1, 0.15) is 38.2 Å². The molecule has 1 fully saturated rings. The van der Waals surface area contributed by atoms with Gasteiger partial charge >= 0.3 is 0 Å². The molecular weight excluding hydrogens is 443 g/mol. The standard InChI is InChI=1S/C19H30N4O2.HI/c1-15-8-6-7-13-23(15)18(24)11-12-21-19(20-2)22-14-16-9-4-5-10-17(16)25-3;/h4-5,9-10,15H,6-8,11-14H2,1-3H3,(H2,20,21,22);1H. The van der Waals surface area contributed by atoms with E-state index >= 15 is 0 Å². The topological polar surface area (TPSA) is 66.0 Å². The molecule has 6 nitrogen and oxygen atoms in total. The van der Waals surface area contributed by atoms with E-state index < -0.39 is 0 Å². The number of ether oxygens (including phenoxy) is 1. The van der Waals surface area contributed by atoms with E-state index in [2.05, 4.69) is 22.5 Å². The predicted molar refractivity (Wildman–Crippen MR) is 116 cm³/mol. The van der Waals surface area contributed by atoms with Crippen molar-refractivity contribution in [2.75, 3.05) is 27.2 Å². The van der Waals surface area contributed by atoms with E-state index in [9.17, 15) is 4.79 Å². The third-order valence-electron chi connectivity index (χ3n) is 4.62. The van der Waals surface area contributed by atoms with Crippen molar-refractivity contribution in [3.05, 3.63) is 29.8 Å². The summed E-state index contributed by atoms with van der Waals surface area (Å²) in [6, 6.07) is 8.24. The number of nitrogens with zero attached hydrogens (tertiary/aromatic N) is 2. The number of aliphatic imine (C=N–C) groups is 1. The van der Waals surface area contributed by atoms with Crippen LogP contribution < -0.4 is 15.4 Å². The second-order valence-corrected chi connectivity index (χ2v) is 6.35. The molecule has 0 bridgehead atoms. The average molecular weight is 474 g/mol. The van der Waals surface area contributed by atoms with Gasteiger partial charge in [-0.3, -0.25) is 9.79 Å². The van der Waals surface area contributed by atoms with Gasteiger partial charge < -0.3 is 20.3 Å². The lowest BCUT2D eigenvalue weighted by Gasteiger charge is -2.33. The van der Waals surface area contributed by atoms with Crippen molar-refractivity contribution in [3.63, 3.8) is 0 Å². The van der Waals surface area contributed by atoms with Gasteiger partial charge in [-0.05, 0) is 32.3 Å². The number of benzene rings is 1. The highest BCUT2D eigenvalue weighted by molar-refractivity contribution is 14.0. The minimum atomic E-state index is 0. The Kier molecular flexibility index (Phi) is 10.4. The lowest BCUT2D eigenvalue weighted by Crippen LogP contribution is -2.44. The summed E-state index contributed by atoms with van der Waals surface area (Å²) in [5.74, 6) is 1.75. The van der Waals surface area contributed by atoms with Crippen molar-refractivity contribution < 1.29 is 9.53 Å². The molecule has 0 spiro atoms. The van der Waals surface area contributed by atoms with Crippen LogP contribution in [-0.4, -0.2) is 50.1 Å². The van der Waals surface area contributed by atoms with Crippen LogP contribution in [0, 0.1) is 0 Å². The Bertz CT molecular complexity index is 595. The van der Waals surface area contributed by atoms with Crippen LogP contribution in [0.3, 0.4) is 0 Å². The van der Waals surface area contributed by atoms with Crippen LogP contribution >= 0.6 is 24.0 Å². The summed E-state index contributed by atoms with van der Waals surface area (Å²) in [6.07, 6.45) is 3.94. The second-order valence-electron chi connectivity index (χ2n) is 6.35. The number of hydrogen-bond acceptors (Lipinski definition) is 3. The second kappa shape index (κ2) is 12.0. The van der Waals surface area contributed by atoms with E-state index in [4.69, 9.17) is 4.74 Å². The van der Waals surface area contributed by atoms with Gasteiger partial charge in [0.15, 0.2) is 5.96 Å². The van der Waals surface area contributed by atoms with Gasteiger partial charge in [0.1, 0.15) is 5.75 Å². The number of nitrogens with one attached hydrogen (secondary N) is 2. The maximum atomic E-state index is 12.4. The predicted octanol–water partition coefficient (Wildman–Crippen LogP) is 2.77. The fourth-order valence-electron chi connectivity index (χ4n) is 3.15. The first-order chi connectivity index (χ1) is 12.2. The molecule has 2 rings (SSSR count). The minimum absolute atomic E-state index is 0. The first-order valence-electron chi connectivity index (χ1n) is 9.01. The van der Waals surface area contributed by atoms with Gasteiger partial charge in [0.25, 0.3) is 0 Å². The molecule has 0 radical (unpaired) electrons. The molecule has 1 unspecified atom stereocenters. The normalized spacial score (nSPS) is 17.3. The molecule has 26 heavy (non-hydrogen) atoms. The van der Waals surface area contributed by atoms with Gasteiger partial charge in [0.2, 0.25) is 5.91 Å². The quantitative estimate of drug-likeness (QED) is 0.378. The molecule has 0 saturated carbocycles. The summed E-state index contributed by atoms with van der Waals surface area (Å²) in [5, 5.41) is 6.47. The molecule has 1 aliphatic rings. The van der Waals surface area contributed by atoms with Crippen LogP contribution in [0.15, 0.2) is 29.3 Å². The van der Waals surface area contributed by atoms with Crippen molar-refractivity contribution in [1.29, 1.82) is 0 Å². The Morgan fingerprint density at radius 2 is 2.08 bits per heavy atom. The fraction of sp³-hybridized carbons (Fsp3) is 0.579. The number of piperidine rings is 1. The summed E-state index contributed by atoms with van der Waals surface area (Å²) in [5.41, 5.74) is 1.06. The number of likely N-dealkylation sites (tertiary alicyclic amines) is 1. The van der Waals surface area contributed by atoms with Crippen LogP contribution in [0.5, 0.6) is 5.75 Å². The molecular formula is C19H31IN4O2. The summed E-state index contributed by atoms with van der Waals surface area (Å²) in [7, 11) is 3.39. The number of guanidine groups is 1. The van der Waals surface area contributed by atoms with E-state index in [0.29, 0.717) is 31.5 Å². The van der Waals surface area contributed by atoms with E-state index in [0.717, 1.165) is 30.7 Å². The van der Waals surface area contributed by atoms with Crippen molar-refractivity contribution >= 4 is 35.8 Å². The molecule has 1 aromatic rings. The third-order valence-corrected chi connectivity index (χ3v) is 4.62. The maximum absolute atomic E-state index is 12.4. The molecule has 0 aliphatic carbocycles. The van der Waals surface area contributed by atoms with Crippen molar-refractivity contribution in [2.24, 2.45) is 4.99 Å². The summed E-state index contributed by atoms with van der Waals surface area (Å²) in [6.45, 7) is 4.22. The molecule has 1 aromatic carbocycles. The van der Waals surface area contributed by atoms with Gasteiger partial charge in [-0.1, -0.05) is 18.2 Å². The highest BCUT2D eigenvalue weighted by Crippen LogP contribution is 2.17. The van der Waals surface area contributed by atoms with Crippen LogP contribution in [0.4, 0.5) is 0 Å². The summed E-state index contributed by atoms with van der Waals surface area (Å²) >= 11 is 0. The average Bonchev–Trinajstić information content (AvgIpc) is 2.64. The number of methoxy groups -OCH3 is 1. The molecule has 7 heteroatoms. The van der Waals surface area contributed by atoms with E-state index in [1.54, 1.807) is 14.2 Å². The molecule has 0 aromatic heterocycles. The zero-order valence-electron chi connectivity index (χ0n) is 16.0. The van der Waals surface area contributed by atoms with E-state index in [-0.39, 0.29) is 29.9 Å². The Morgan fingerprint density at radius 3 is 2.77 bits per heavy atom. The Labute approximate surface area is 173 Å². The van der Waals surface area contributed by atoms with Crippen molar-refractivity contribution in [3.8, 4) is 5.75 Å². The van der Waals surface area contributed by atoms with Crippen LogP contribution in [-0.2, 0) is 11.3 Å². The summed E-state index contributed by atoms with van der Waals surface area (Å²) in [4.78, 5) is 18.6. The third kappa shape index (κ3) is 6.66. The van der Waals surface area contributed by atoms with Gasteiger partial charge in [0.05, 0.1) is 7.11 Å².